The van der Waals surface area contributed by atoms with Gasteiger partial charge in [-0.2, -0.15) is 0 Å². The molecule has 0 radical (unpaired) electrons. The molecule has 2 aromatic rings. The van der Waals surface area contributed by atoms with E-state index in [0.717, 1.165) is 16.3 Å². The molecule has 4 nitrogen and oxygen atoms in total. The first-order chi connectivity index (χ1) is 13.2. The Hall–Kier alpha value is -2.07. The summed E-state index contributed by atoms with van der Waals surface area (Å²) in [5.41, 5.74) is 0.532. The van der Waals surface area contributed by atoms with Crippen LogP contribution in [0.5, 0.6) is 5.75 Å². The van der Waals surface area contributed by atoms with Gasteiger partial charge < -0.3 is 14.6 Å². The number of benzene rings is 2. The fraction of sp³-hybridized carbons (Fsp3) is 0.560. The molecule has 2 atom stereocenters. The summed E-state index contributed by atoms with van der Waals surface area (Å²) >= 11 is 0. The van der Waals surface area contributed by atoms with Crippen LogP contribution in [-0.4, -0.2) is 30.9 Å². The van der Waals surface area contributed by atoms with E-state index in [4.69, 9.17) is 9.47 Å². The zero-order chi connectivity index (χ0) is 22.2. The largest absolute Gasteiger partial charge is 0.507 e. The number of aromatic hydroxyl groups is 1. The molecule has 0 fully saturated rings. The number of rotatable bonds is 5. The van der Waals surface area contributed by atoms with E-state index in [1.807, 2.05) is 52.8 Å². The molecule has 1 N–H and O–H groups in total. The van der Waals surface area contributed by atoms with E-state index >= 15 is 0 Å². The molecule has 0 aliphatic carbocycles. The predicted molar refractivity (Wildman–Crippen MR) is 119 cm³/mol. The van der Waals surface area contributed by atoms with Crippen molar-refractivity contribution in [1.29, 1.82) is 0 Å². The minimum Gasteiger partial charge on any atom is -0.507 e. The van der Waals surface area contributed by atoms with Gasteiger partial charge in [0, 0.05) is 12.5 Å². The van der Waals surface area contributed by atoms with Crippen LogP contribution >= 0.6 is 0 Å². The van der Waals surface area contributed by atoms with E-state index in [1.165, 1.54) is 5.56 Å². The highest BCUT2D eigenvalue weighted by atomic mass is 16.6. The van der Waals surface area contributed by atoms with Gasteiger partial charge in [0.25, 0.3) is 0 Å². The third kappa shape index (κ3) is 4.58. The first-order valence-electron chi connectivity index (χ1n) is 10.2. The number of esters is 1. The number of hydrogen-bond donors (Lipinski definition) is 1. The Bertz CT molecular complexity index is 886. The Morgan fingerprint density at radius 1 is 1.00 bits per heavy atom. The Morgan fingerprint density at radius 3 is 2.10 bits per heavy atom. The molecule has 0 bridgehead atoms. The van der Waals surface area contributed by atoms with Crippen LogP contribution < -0.4 is 0 Å². The number of carbonyl (C=O) groups excluding carboxylic acids is 1. The van der Waals surface area contributed by atoms with Gasteiger partial charge in [0.1, 0.15) is 11.9 Å². The van der Waals surface area contributed by atoms with Gasteiger partial charge in [0.2, 0.25) is 0 Å². The molecule has 160 valence electrons. The SMILES string of the molecule is COCC(C)OC(=O)C(C)(c1cc(O)c2ccc(C(C)(C)C)cc2c1)C(C)(C)C. The molecule has 0 spiro atoms. The summed E-state index contributed by atoms with van der Waals surface area (Å²) in [6, 6.07) is 9.80. The van der Waals surface area contributed by atoms with Crippen molar-refractivity contribution in [2.75, 3.05) is 13.7 Å². The molecule has 2 aromatic carbocycles. The van der Waals surface area contributed by atoms with E-state index in [0.29, 0.717) is 6.61 Å². The quantitative estimate of drug-likeness (QED) is 0.652. The molecule has 2 unspecified atom stereocenters. The van der Waals surface area contributed by atoms with Gasteiger partial charge in [0.15, 0.2) is 0 Å². The van der Waals surface area contributed by atoms with Gasteiger partial charge in [0.05, 0.1) is 12.0 Å². The number of hydrogen-bond acceptors (Lipinski definition) is 4. The Kier molecular flexibility index (Phi) is 6.39. The third-order valence-corrected chi connectivity index (χ3v) is 5.99. The highest BCUT2D eigenvalue weighted by Crippen LogP contribution is 2.45. The van der Waals surface area contributed by atoms with Crippen LogP contribution in [0.1, 0.15) is 66.5 Å². The first kappa shape index (κ1) is 23.2. The normalized spacial score (nSPS) is 15.8. The molecule has 0 saturated heterocycles. The Morgan fingerprint density at radius 2 is 1.59 bits per heavy atom. The van der Waals surface area contributed by atoms with Gasteiger partial charge in [-0.25, -0.2) is 0 Å². The van der Waals surface area contributed by atoms with Crippen LogP contribution in [-0.2, 0) is 25.1 Å². The second kappa shape index (κ2) is 7.98. The molecule has 0 aliphatic heterocycles. The van der Waals surface area contributed by atoms with Crippen molar-refractivity contribution in [2.24, 2.45) is 5.41 Å². The van der Waals surface area contributed by atoms with Crippen molar-refractivity contribution < 1.29 is 19.4 Å². The maximum atomic E-state index is 13.3. The topological polar surface area (TPSA) is 55.8 Å². The van der Waals surface area contributed by atoms with Crippen molar-refractivity contribution in [3.63, 3.8) is 0 Å². The maximum Gasteiger partial charge on any atom is 0.317 e. The number of phenolic OH excluding ortho intramolecular Hbond substituents is 1. The molecule has 0 aliphatic rings. The van der Waals surface area contributed by atoms with Crippen molar-refractivity contribution >= 4 is 16.7 Å². The molecule has 0 saturated carbocycles. The zero-order valence-electron chi connectivity index (χ0n) is 19.3. The van der Waals surface area contributed by atoms with Gasteiger partial charge in [-0.05, 0) is 53.3 Å². The van der Waals surface area contributed by atoms with Crippen LogP contribution in [0.3, 0.4) is 0 Å². The number of carbonyl (C=O) groups is 1. The lowest BCUT2D eigenvalue weighted by Gasteiger charge is -2.40. The minimum atomic E-state index is -0.946. The summed E-state index contributed by atoms with van der Waals surface area (Å²) < 4.78 is 10.8. The summed E-state index contributed by atoms with van der Waals surface area (Å²) in [6.07, 6.45) is -0.351. The Labute approximate surface area is 175 Å². The highest BCUT2D eigenvalue weighted by molar-refractivity contribution is 5.92. The van der Waals surface area contributed by atoms with Gasteiger partial charge in [-0.15, -0.1) is 0 Å². The summed E-state index contributed by atoms with van der Waals surface area (Å²) in [7, 11) is 1.58. The summed E-state index contributed by atoms with van der Waals surface area (Å²) in [6.45, 7) is 16.6. The van der Waals surface area contributed by atoms with Crippen LogP contribution in [0.15, 0.2) is 30.3 Å². The first-order valence-corrected chi connectivity index (χ1v) is 10.2. The van der Waals surface area contributed by atoms with E-state index < -0.39 is 10.8 Å². The fourth-order valence-electron chi connectivity index (χ4n) is 3.53. The molecular formula is C25H36O4. The smallest absolute Gasteiger partial charge is 0.317 e. The van der Waals surface area contributed by atoms with Crippen molar-refractivity contribution in [3.05, 3.63) is 41.5 Å². The average molecular weight is 401 g/mol. The Balaban J connectivity index is 2.66. The monoisotopic (exact) mass is 400 g/mol. The molecule has 29 heavy (non-hydrogen) atoms. The lowest BCUT2D eigenvalue weighted by molar-refractivity contribution is -0.161. The summed E-state index contributed by atoms with van der Waals surface area (Å²) in [5, 5.41) is 12.4. The molecule has 4 heteroatoms. The second-order valence-electron chi connectivity index (χ2n) is 10.2. The summed E-state index contributed by atoms with van der Waals surface area (Å²) in [5.74, 6) is -0.147. The van der Waals surface area contributed by atoms with Crippen molar-refractivity contribution in [2.45, 2.75) is 72.3 Å². The van der Waals surface area contributed by atoms with Gasteiger partial charge >= 0.3 is 5.97 Å². The van der Waals surface area contributed by atoms with Crippen molar-refractivity contribution in [1.82, 2.24) is 0 Å². The van der Waals surface area contributed by atoms with Crippen LogP contribution in [0.4, 0.5) is 0 Å². The highest BCUT2D eigenvalue weighted by Gasteiger charge is 2.48. The zero-order valence-corrected chi connectivity index (χ0v) is 19.3. The fourth-order valence-corrected chi connectivity index (χ4v) is 3.53. The summed E-state index contributed by atoms with van der Waals surface area (Å²) in [4.78, 5) is 13.3. The molecule has 0 aromatic heterocycles. The number of fused-ring (bicyclic) bond motifs is 1. The maximum absolute atomic E-state index is 13.3. The number of methoxy groups -OCH3 is 1. The van der Waals surface area contributed by atoms with Gasteiger partial charge in [-0.1, -0.05) is 59.7 Å². The molecule has 2 rings (SSSR count). The van der Waals surface area contributed by atoms with Crippen molar-refractivity contribution in [3.8, 4) is 5.75 Å². The van der Waals surface area contributed by atoms with E-state index in [9.17, 15) is 9.90 Å². The number of phenols is 1. The second-order valence-corrected chi connectivity index (χ2v) is 10.2. The molecule has 0 amide bonds. The van der Waals surface area contributed by atoms with E-state index in [-0.39, 0.29) is 23.2 Å². The van der Waals surface area contributed by atoms with Gasteiger partial charge in [-0.3, -0.25) is 4.79 Å². The molecule has 0 heterocycles. The lowest BCUT2D eigenvalue weighted by Crippen LogP contribution is -2.47. The average Bonchev–Trinajstić information content (AvgIpc) is 2.58. The van der Waals surface area contributed by atoms with E-state index in [1.54, 1.807) is 13.2 Å². The minimum absolute atomic E-state index is 0.0122. The number of ether oxygens (including phenoxy) is 2. The van der Waals surface area contributed by atoms with Crippen LogP contribution in [0.25, 0.3) is 10.8 Å². The predicted octanol–water partition coefficient (Wildman–Crippen LogP) is 5.72. The third-order valence-electron chi connectivity index (χ3n) is 5.99. The van der Waals surface area contributed by atoms with Crippen LogP contribution in [0.2, 0.25) is 0 Å². The lowest BCUT2D eigenvalue weighted by atomic mass is 9.63. The van der Waals surface area contributed by atoms with E-state index in [2.05, 4.69) is 26.8 Å². The van der Waals surface area contributed by atoms with Crippen LogP contribution in [0, 0.1) is 5.41 Å². The standard InChI is InChI=1S/C25H36O4/c1-16(15-28-9)29-22(27)25(8,24(5,6)7)19-13-17-12-18(23(2,3)4)10-11-20(17)21(26)14-19/h10-14,16,26H,15H2,1-9H3. The molecular weight excluding hydrogens is 364 g/mol.